The van der Waals surface area contributed by atoms with Crippen molar-refractivity contribution in [1.82, 2.24) is 0 Å². The molecule has 1 aromatic carbocycles. The van der Waals surface area contributed by atoms with Gasteiger partial charge in [0, 0.05) is 6.54 Å². The highest BCUT2D eigenvalue weighted by atomic mass is 16.5. The van der Waals surface area contributed by atoms with Crippen LogP contribution in [-0.2, 0) is 4.74 Å². The molecule has 1 aliphatic rings. The minimum Gasteiger partial charge on any atom is -0.369 e. The third-order valence-corrected chi connectivity index (χ3v) is 2.78. The van der Waals surface area contributed by atoms with Crippen molar-refractivity contribution >= 4 is 0 Å². The van der Waals surface area contributed by atoms with Crippen LogP contribution in [0.5, 0.6) is 0 Å². The quantitative estimate of drug-likeness (QED) is 0.778. The summed E-state index contributed by atoms with van der Waals surface area (Å²) in [5.41, 5.74) is 6.90. The lowest BCUT2D eigenvalue weighted by Crippen LogP contribution is -2.29. The molecular formula is C12H17NO. The molecule has 0 aromatic heterocycles. The largest absolute Gasteiger partial charge is 0.369 e. The summed E-state index contributed by atoms with van der Waals surface area (Å²) in [4.78, 5) is 0. The minimum atomic E-state index is 0.258. The van der Waals surface area contributed by atoms with Crippen molar-refractivity contribution in [2.45, 2.75) is 31.5 Å². The lowest BCUT2D eigenvalue weighted by Gasteiger charge is -2.29. The molecule has 1 aromatic rings. The first-order valence-corrected chi connectivity index (χ1v) is 5.30. The molecule has 0 radical (unpaired) electrons. The Hall–Kier alpha value is -0.860. The molecule has 1 unspecified atom stereocenters. The van der Waals surface area contributed by atoms with Gasteiger partial charge in [-0.05, 0) is 24.8 Å². The number of hydrogen-bond donors (Lipinski definition) is 1. The van der Waals surface area contributed by atoms with Gasteiger partial charge in [0.05, 0.1) is 12.2 Å². The van der Waals surface area contributed by atoms with Crippen LogP contribution in [0.3, 0.4) is 0 Å². The maximum Gasteiger partial charge on any atom is 0.0829 e. The number of ether oxygens (including phenoxy) is 1. The van der Waals surface area contributed by atoms with E-state index in [-0.39, 0.29) is 12.2 Å². The molecule has 1 saturated heterocycles. The molecule has 0 saturated carbocycles. The minimum absolute atomic E-state index is 0.258. The maximum absolute atomic E-state index is 5.90. The van der Waals surface area contributed by atoms with Gasteiger partial charge >= 0.3 is 0 Å². The summed E-state index contributed by atoms with van der Waals surface area (Å²) < 4.78 is 5.90. The van der Waals surface area contributed by atoms with Crippen LogP contribution in [0.2, 0.25) is 0 Å². The summed E-state index contributed by atoms with van der Waals surface area (Å²) in [5.74, 6) is 0. The highest BCUT2D eigenvalue weighted by molar-refractivity contribution is 5.17. The van der Waals surface area contributed by atoms with Gasteiger partial charge in [0.2, 0.25) is 0 Å². The predicted molar refractivity (Wildman–Crippen MR) is 57.0 cm³/mol. The van der Waals surface area contributed by atoms with Crippen molar-refractivity contribution in [2.75, 3.05) is 6.54 Å². The van der Waals surface area contributed by atoms with Gasteiger partial charge in [-0.1, -0.05) is 30.3 Å². The maximum atomic E-state index is 5.90. The van der Waals surface area contributed by atoms with Crippen LogP contribution in [0.4, 0.5) is 0 Å². The Bertz CT molecular complexity index is 273. The van der Waals surface area contributed by atoms with Gasteiger partial charge in [-0.3, -0.25) is 0 Å². The highest BCUT2D eigenvalue weighted by Crippen LogP contribution is 2.30. The summed E-state index contributed by atoms with van der Waals surface area (Å²) in [6, 6.07) is 10.4. The normalized spacial score (nSPS) is 27.5. The molecule has 2 rings (SSSR count). The van der Waals surface area contributed by atoms with E-state index in [1.807, 2.05) is 6.07 Å². The molecule has 0 bridgehead atoms. The first-order chi connectivity index (χ1) is 6.90. The lowest BCUT2D eigenvalue weighted by molar-refractivity contribution is -0.0461. The number of benzene rings is 1. The molecule has 1 aliphatic heterocycles. The van der Waals surface area contributed by atoms with E-state index in [1.165, 1.54) is 12.0 Å². The zero-order valence-electron chi connectivity index (χ0n) is 8.36. The standard InChI is InChI=1S/C12H17NO/c13-9-11-7-4-8-12(14-11)10-5-2-1-3-6-10/h1-3,5-6,11-12H,4,7-9,13H2/t11-,12?/m1/s1. The monoisotopic (exact) mass is 191 g/mol. The van der Waals surface area contributed by atoms with E-state index >= 15 is 0 Å². The van der Waals surface area contributed by atoms with Gasteiger partial charge in [-0.25, -0.2) is 0 Å². The number of nitrogens with two attached hydrogens (primary N) is 1. The van der Waals surface area contributed by atoms with Crippen LogP contribution in [0.15, 0.2) is 30.3 Å². The van der Waals surface area contributed by atoms with E-state index in [4.69, 9.17) is 10.5 Å². The SMILES string of the molecule is NC[C@H]1CCCC(c2ccccc2)O1. The third kappa shape index (κ3) is 2.14. The zero-order chi connectivity index (χ0) is 9.80. The third-order valence-electron chi connectivity index (χ3n) is 2.78. The van der Waals surface area contributed by atoms with E-state index in [0.717, 1.165) is 12.8 Å². The smallest absolute Gasteiger partial charge is 0.0829 e. The van der Waals surface area contributed by atoms with Gasteiger partial charge in [0.1, 0.15) is 0 Å². The molecule has 2 nitrogen and oxygen atoms in total. The topological polar surface area (TPSA) is 35.2 Å². The molecule has 0 amide bonds. The summed E-state index contributed by atoms with van der Waals surface area (Å²) in [6.45, 7) is 0.642. The molecular weight excluding hydrogens is 174 g/mol. The summed E-state index contributed by atoms with van der Waals surface area (Å²) in [5, 5.41) is 0. The van der Waals surface area contributed by atoms with Gasteiger partial charge < -0.3 is 10.5 Å². The molecule has 14 heavy (non-hydrogen) atoms. The summed E-state index contributed by atoms with van der Waals surface area (Å²) >= 11 is 0. The second-order valence-electron chi connectivity index (χ2n) is 3.82. The van der Waals surface area contributed by atoms with E-state index in [9.17, 15) is 0 Å². The van der Waals surface area contributed by atoms with Crippen LogP contribution in [0, 0.1) is 0 Å². The molecule has 0 spiro atoms. The second-order valence-corrected chi connectivity index (χ2v) is 3.82. The van der Waals surface area contributed by atoms with Crippen molar-refractivity contribution in [3.63, 3.8) is 0 Å². The number of rotatable bonds is 2. The van der Waals surface area contributed by atoms with Gasteiger partial charge in [0.15, 0.2) is 0 Å². The van der Waals surface area contributed by atoms with Crippen LogP contribution in [0.25, 0.3) is 0 Å². The lowest BCUT2D eigenvalue weighted by atomic mass is 9.98. The Morgan fingerprint density at radius 1 is 1.21 bits per heavy atom. The first kappa shape index (κ1) is 9.69. The summed E-state index contributed by atoms with van der Waals surface area (Å²) in [7, 11) is 0. The molecule has 1 heterocycles. The molecule has 2 atom stereocenters. The average molecular weight is 191 g/mol. The first-order valence-electron chi connectivity index (χ1n) is 5.30. The molecule has 2 N–H and O–H groups in total. The molecule has 2 heteroatoms. The zero-order valence-corrected chi connectivity index (χ0v) is 8.36. The molecule has 76 valence electrons. The van der Waals surface area contributed by atoms with E-state index in [1.54, 1.807) is 0 Å². The molecule has 1 fully saturated rings. The van der Waals surface area contributed by atoms with Crippen molar-refractivity contribution in [1.29, 1.82) is 0 Å². The fourth-order valence-corrected chi connectivity index (χ4v) is 1.99. The van der Waals surface area contributed by atoms with E-state index < -0.39 is 0 Å². The van der Waals surface area contributed by atoms with E-state index in [2.05, 4.69) is 24.3 Å². The van der Waals surface area contributed by atoms with Crippen molar-refractivity contribution in [3.05, 3.63) is 35.9 Å². The Balaban J connectivity index is 2.04. The molecule has 0 aliphatic carbocycles. The van der Waals surface area contributed by atoms with Gasteiger partial charge in [0.25, 0.3) is 0 Å². The predicted octanol–water partition coefficient (Wildman–Crippen LogP) is 2.26. The van der Waals surface area contributed by atoms with Crippen molar-refractivity contribution in [2.24, 2.45) is 5.73 Å². The average Bonchev–Trinajstić information content (AvgIpc) is 2.30. The van der Waals surface area contributed by atoms with Crippen LogP contribution in [-0.4, -0.2) is 12.6 Å². The van der Waals surface area contributed by atoms with Crippen LogP contribution in [0.1, 0.15) is 30.9 Å². The van der Waals surface area contributed by atoms with Crippen LogP contribution >= 0.6 is 0 Å². The Kier molecular flexibility index (Phi) is 3.17. The second kappa shape index (κ2) is 4.58. The Labute approximate surface area is 85.1 Å². The highest BCUT2D eigenvalue weighted by Gasteiger charge is 2.22. The fourth-order valence-electron chi connectivity index (χ4n) is 1.99. The fraction of sp³-hybridized carbons (Fsp3) is 0.500. The van der Waals surface area contributed by atoms with Gasteiger partial charge in [-0.2, -0.15) is 0 Å². The van der Waals surface area contributed by atoms with E-state index in [0.29, 0.717) is 6.54 Å². The van der Waals surface area contributed by atoms with Crippen molar-refractivity contribution in [3.8, 4) is 0 Å². The van der Waals surface area contributed by atoms with Crippen LogP contribution < -0.4 is 5.73 Å². The number of hydrogen-bond acceptors (Lipinski definition) is 2. The Morgan fingerprint density at radius 2 is 2.00 bits per heavy atom. The van der Waals surface area contributed by atoms with Gasteiger partial charge in [-0.15, -0.1) is 0 Å². The van der Waals surface area contributed by atoms with Crippen molar-refractivity contribution < 1.29 is 4.74 Å². The Morgan fingerprint density at radius 3 is 2.71 bits per heavy atom. The summed E-state index contributed by atoms with van der Waals surface area (Å²) in [6.07, 6.45) is 3.98.